The van der Waals surface area contributed by atoms with Crippen LogP contribution in [0, 0.1) is 0 Å². The minimum atomic E-state index is -0.296. The maximum absolute atomic E-state index is 12.7. The molecular weight excluding hydrogens is 440 g/mol. The first-order valence-corrected chi connectivity index (χ1v) is 12.1. The monoisotopic (exact) mass is 470 g/mol. The first kappa shape index (κ1) is 23.0. The van der Waals surface area contributed by atoms with Crippen LogP contribution in [0.3, 0.4) is 0 Å². The molecule has 0 aliphatic carbocycles. The maximum Gasteiger partial charge on any atom is 0.410 e. The van der Waals surface area contributed by atoms with Crippen LogP contribution in [0.25, 0.3) is 0 Å². The number of carbonyl (C=O) groups excluding carboxylic acids is 2. The number of ether oxygens (including phenoxy) is 2. The Morgan fingerprint density at radius 3 is 1.97 bits per heavy atom. The van der Waals surface area contributed by atoms with Crippen LogP contribution in [0.5, 0.6) is 0 Å². The highest BCUT2D eigenvalue weighted by Gasteiger charge is 2.38. The van der Waals surface area contributed by atoms with E-state index in [0.29, 0.717) is 26.3 Å². The molecule has 2 saturated heterocycles. The molecule has 6 heteroatoms. The van der Waals surface area contributed by atoms with E-state index >= 15 is 0 Å². The van der Waals surface area contributed by atoms with E-state index in [9.17, 15) is 9.59 Å². The Kier molecular flexibility index (Phi) is 6.70. The van der Waals surface area contributed by atoms with E-state index < -0.39 is 0 Å². The summed E-state index contributed by atoms with van der Waals surface area (Å²) < 4.78 is 10.9. The van der Waals surface area contributed by atoms with E-state index in [2.05, 4.69) is 31.2 Å². The Bertz CT molecular complexity index is 1170. The Labute approximate surface area is 206 Å². The molecule has 0 bridgehead atoms. The van der Waals surface area contributed by atoms with Crippen LogP contribution >= 0.6 is 0 Å². The van der Waals surface area contributed by atoms with Gasteiger partial charge in [-0.2, -0.15) is 0 Å². The Morgan fingerprint density at radius 2 is 1.29 bits per heavy atom. The van der Waals surface area contributed by atoms with Gasteiger partial charge in [0.25, 0.3) is 0 Å². The molecule has 0 saturated carbocycles. The van der Waals surface area contributed by atoms with E-state index in [-0.39, 0.29) is 30.2 Å². The largest absolute Gasteiger partial charge is 0.447 e. The summed E-state index contributed by atoms with van der Waals surface area (Å²) in [5, 5.41) is 0. The molecule has 6 nitrogen and oxygen atoms in total. The zero-order chi connectivity index (χ0) is 24.2. The third-order valence-electron chi connectivity index (χ3n) is 7.10. The van der Waals surface area contributed by atoms with E-state index in [1.54, 1.807) is 4.90 Å². The van der Waals surface area contributed by atoms with Crippen molar-refractivity contribution in [3.8, 4) is 0 Å². The van der Waals surface area contributed by atoms with Crippen LogP contribution in [0.2, 0.25) is 0 Å². The highest BCUT2D eigenvalue weighted by Crippen LogP contribution is 2.30. The molecule has 0 N–H and O–H groups in total. The first-order chi connectivity index (χ1) is 17.1. The highest BCUT2D eigenvalue weighted by molar-refractivity contribution is 5.71. The van der Waals surface area contributed by atoms with Gasteiger partial charge in [0.1, 0.15) is 13.2 Å². The van der Waals surface area contributed by atoms with Gasteiger partial charge in [0.2, 0.25) is 0 Å². The van der Waals surface area contributed by atoms with Crippen LogP contribution in [0.4, 0.5) is 9.59 Å². The lowest BCUT2D eigenvalue weighted by Crippen LogP contribution is -2.38. The molecule has 180 valence electrons. The summed E-state index contributed by atoms with van der Waals surface area (Å²) in [7, 11) is 0. The molecule has 2 aliphatic rings. The van der Waals surface area contributed by atoms with E-state index in [4.69, 9.17) is 9.47 Å². The number of nitrogens with zero attached hydrogens (tertiary/aromatic N) is 2. The summed E-state index contributed by atoms with van der Waals surface area (Å²) >= 11 is 0. The molecule has 0 radical (unpaired) electrons. The van der Waals surface area contributed by atoms with Crippen molar-refractivity contribution in [3.63, 3.8) is 0 Å². The van der Waals surface area contributed by atoms with Gasteiger partial charge in [0.05, 0.1) is 12.1 Å². The fourth-order valence-corrected chi connectivity index (χ4v) is 5.01. The van der Waals surface area contributed by atoms with Gasteiger partial charge in [-0.3, -0.25) is 9.80 Å². The third kappa shape index (κ3) is 5.02. The zero-order valence-electron chi connectivity index (χ0n) is 19.9. The van der Waals surface area contributed by atoms with Crippen LogP contribution < -0.4 is 0 Å². The van der Waals surface area contributed by atoms with Crippen LogP contribution in [-0.4, -0.2) is 47.3 Å². The topological polar surface area (TPSA) is 59.1 Å². The van der Waals surface area contributed by atoms with Gasteiger partial charge in [-0.05, 0) is 28.7 Å². The number of hydrogen-bond acceptors (Lipinski definition) is 4. The first-order valence-electron chi connectivity index (χ1n) is 12.1. The molecule has 0 aromatic heterocycles. The van der Waals surface area contributed by atoms with Crippen LogP contribution in [-0.2, 0) is 29.0 Å². The van der Waals surface area contributed by atoms with Crippen molar-refractivity contribution in [1.29, 1.82) is 0 Å². The molecule has 2 fully saturated rings. The van der Waals surface area contributed by atoms with Crippen molar-refractivity contribution in [2.45, 2.75) is 44.4 Å². The highest BCUT2D eigenvalue weighted by atomic mass is 16.6. The number of amides is 2. The molecule has 3 aromatic carbocycles. The van der Waals surface area contributed by atoms with Crippen molar-refractivity contribution in [1.82, 2.24) is 9.80 Å². The van der Waals surface area contributed by atoms with Crippen molar-refractivity contribution in [2.75, 3.05) is 13.2 Å². The molecule has 3 aromatic rings. The van der Waals surface area contributed by atoms with E-state index in [1.165, 1.54) is 11.1 Å². The summed E-state index contributed by atoms with van der Waals surface area (Å²) in [6.07, 6.45) is 0.149. The second kappa shape index (κ2) is 10.2. The predicted molar refractivity (Wildman–Crippen MR) is 133 cm³/mol. The van der Waals surface area contributed by atoms with Gasteiger partial charge in [0, 0.05) is 19.0 Å². The van der Waals surface area contributed by atoms with Gasteiger partial charge in [-0.15, -0.1) is 0 Å². The Balaban J connectivity index is 1.34. The van der Waals surface area contributed by atoms with Crippen LogP contribution in [0.1, 0.15) is 35.1 Å². The van der Waals surface area contributed by atoms with Crippen molar-refractivity contribution in [3.05, 3.63) is 107 Å². The zero-order valence-corrected chi connectivity index (χ0v) is 19.9. The van der Waals surface area contributed by atoms with Gasteiger partial charge in [-0.1, -0.05) is 91.9 Å². The molecule has 0 spiro atoms. The second-order valence-electron chi connectivity index (χ2n) is 9.29. The van der Waals surface area contributed by atoms with Gasteiger partial charge >= 0.3 is 12.2 Å². The fourth-order valence-electron chi connectivity index (χ4n) is 5.01. The maximum atomic E-state index is 12.7. The van der Waals surface area contributed by atoms with Gasteiger partial charge in [0.15, 0.2) is 0 Å². The number of benzene rings is 3. The molecule has 3 atom stereocenters. The summed E-state index contributed by atoms with van der Waals surface area (Å²) in [6.45, 7) is 3.76. The molecule has 2 amide bonds. The average molecular weight is 471 g/mol. The molecule has 2 aliphatic heterocycles. The van der Waals surface area contributed by atoms with Crippen molar-refractivity contribution >= 4 is 12.2 Å². The summed E-state index contributed by atoms with van der Waals surface area (Å²) in [4.78, 5) is 28.9. The third-order valence-corrected chi connectivity index (χ3v) is 7.10. The lowest BCUT2D eigenvalue weighted by molar-refractivity contribution is 0.153. The Hall–Kier alpha value is -3.80. The lowest BCUT2D eigenvalue weighted by atomic mass is 9.92. The molecular formula is C29H30N2O4. The predicted octanol–water partition coefficient (Wildman–Crippen LogP) is 5.37. The van der Waals surface area contributed by atoms with Gasteiger partial charge in [-0.25, -0.2) is 9.59 Å². The summed E-state index contributed by atoms with van der Waals surface area (Å²) in [5.74, 6) is 0.138. The quantitative estimate of drug-likeness (QED) is 0.444. The fraction of sp³-hybridized carbons (Fsp3) is 0.310. The minimum Gasteiger partial charge on any atom is -0.447 e. The number of cyclic esters (lactones) is 2. The van der Waals surface area contributed by atoms with Gasteiger partial charge < -0.3 is 9.47 Å². The molecule has 2 heterocycles. The normalized spacial score (nSPS) is 20.6. The smallest absolute Gasteiger partial charge is 0.410 e. The minimum absolute atomic E-state index is 0.0273. The SMILES string of the molecule is C[C@@H](c1ccccc1)C1COC(=O)N1Cc1ccccc1CN1C(=O)OC[C@@H]1Cc1ccccc1. The summed E-state index contributed by atoms with van der Waals surface area (Å²) in [6, 6.07) is 28.3. The van der Waals surface area contributed by atoms with Crippen LogP contribution in [0.15, 0.2) is 84.9 Å². The molecule has 35 heavy (non-hydrogen) atoms. The number of hydrogen-bond donors (Lipinski definition) is 0. The summed E-state index contributed by atoms with van der Waals surface area (Å²) in [5.41, 5.74) is 4.37. The molecule has 1 unspecified atom stereocenters. The van der Waals surface area contributed by atoms with Crippen molar-refractivity contribution < 1.29 is 19.1 Å². The second-order valence-corrected chi connectivity index (χ2v) is 9.29. The Morgan fingerprint density at radius 1 is 0.743 bits per heavy atom. The molecule has 5 rings (SSSR count). The number of carbonyl (C=O) groups is 2. The van der Waals surface area contributed by atoms with Crippen molar-refractivity contribution in [2.24, 2.45) is 0 Å². The number of rotatable bonds is 8. The van der Waals surface area contributed by atoms with E-state index in [1.807, 2.05) is 65.6 Å². The lowest BCUT2D eigenvalue weighted by Gasteiger charge is -2.28. The van der Waals surface area contributed by atoms with E-state index in [0.717, 1.165) is 17.5 Å². The standard InChI is InChI=1S/C29H30N2O4/c1-21(23-12-6-3-7-13-23)27-20-35-29(33)31(27)18-25-15-9-8-14-24(25)17-30-26(19-34-28(30)32)16-22-10-4-2-5-11-22/h2-15,21,26-27H,16-20H2,1H3/t21-,26-,27?/m0/s1. The average Bonchev–Trinajstić information content (AvgIpc) is 3.43.